The summed E-state index contributed by atoms with van der Waals surface area (Å²) in [5, 5.41) is 2.67. The van der Waals surface area contributed by atoms with Crippen LogP contribution in [0.3, 0.4) is 0 Å². The quantitative estimate of drug-likeness (QED) is 0.821. The van der Waals surface area contributed by atoms with Gasteiger partial charge in [0.25, 0.3) is 0 Å². The second-order valence-electron chi connectivity index (χ2n) is 7.33. The Bertz CT molecular complexity index is 659. The molecule has 0 heterocycles. The third kappa shape index (κ3) is 6.88. The number of rotatable bonds is 6. The largest absolute Gasteiger partial charge is 0.444 e. The molecule has 1 aromatic rings. The van der Waals surface area contributed by atoms with Gasteiger partial charge in [-0.25, -0.2) is 17.9 Å². The number of ether oxygens (including phenoxy) is 1. The van der Waals surface area contributed by atoms with E-state index in [9.17, 15) is 13.2 Å². The molecule has 0 saturated carbocycles. The van der Waals surface area contributed by atoms with Crippen LogP contribution in [0.5, 0.6) is 0 Å². The lowest BCUT2D eigenvalue weighted by atomic mass is 10.1. The molecule has 7 heteroatoms. The summed E-state index contributed by atoms with van der Waals surface area (Å²) in [6, 6.07) is 6.74. The van der Waals surface area contributed by atoms with Gasteiger partial charge in [0.1, 0.15) is 5.60 Å². The molecular weight excluding hydrogens is 328 g/mol. The molecule has 1 amide bonds. The Morgan fingerprint density at radius 2 is 1.62 bits per heavy atom. The van der Waals surface area contributed by atoms with Crippen LogP contribution in [-0.2, 0) is 21.2 Å². The molecule has 0 saturated heterocycles. The highest BCUT2D eigenvalue weighted by atomic mass is 32.2. The Morgan fingerprint density at radius 3 is 2.08 bits per heavy atom. The summed E-state index contributed by atoms with van der Waals surface area (Å²) in [4.78, 5) is 12.0. The van der Waals surface area contributed by atoms with E-state index in [1.54, 1.807) is 58.9 Å². The lowest BCUT2D eigenvalue weighted by Crippen LogP contribution is -2.52. The number of benzene rings is 1. The normalized spacial score (nSPS) is 12.8. The van der Waals surface area contributed by atoms with E-state index in [4.69, 9.17) is 4.74 Å². The molecule has 1 rings (SSSR count). The van der Waals surface area contributed by atoms with Crippen molar-refractivity contribution in [2.45, 2.75) is 64.0 Å². The fraction of sp³-hybridized carbons (Fsp3) is 0.588. The van der Waals surface area contributed by atoms with Crippen LogP contribution in [-0.4, -0.2) is 32.2 Å². The predicted molar refractivity (Wildman–Crippen MR) is 94.5 cm³/mol. The number of carbonyl (C=O) groups is 1. The highest BCUT2D eigenvalue weighted by Crippen LogP contribution is 2.13. The van der Waals surface area contributed by atoms with Gasteiger partial charge in [-0.05, 0) is 58.7 Å². The molecule has 6 nitrogen and oxygen atoms in total. The van der Waals surface area contributed by atoms with Crippen molar-refractivity contribution in [3.63, 3.8) is 0 Å². The Kier molecular flexibility index (Phi) is 6.41. The van der Waals surface area contributed by atoms with Gasteiger partial charge < -0.3 is 10.1 Å². The van der Waals surface area contributed by atoms with Gasteiger partial charge in [0, 0.05) is 6.54 Å². The number of amides is 1. The van der Waals surface area contributed by atoms with Crippen LogP contribution in [0.15, 0.2) is 29.2 Å². The number of alkyl carbamates (subject to hydrolysis) is 1. The molecule has 0 radical (unpaired) electrons. The fourth-order valence-corrected chi connectivity index (χ4v) is 3.10. The maximum absolute atomic E-state index is 12.3. The topological polar surface area (TPSA) is 84.5 Å². The standard InChI is InChI=1S/C17H28N2O4S/c1-7-13-8-10-14(11-9-13)24(21,22)18-12-17(5,6)19-15(20)23-16(2,3)4/h8-11,18H,7,12H2,1-6H3,(H,19,20). The number of hydrogen-bond donors (Lipinski definition) is 2. The van der Waals surface area contributed by atoms with Crippen LogP contribution in [0.25, 0.3) is 0 Å². The molecule has 0 aliphatic carbocycles. The zero-order chi connectivity index (χ0) is 18.6. The molecule has 0 aliphatic heterocycles. The molecule has 24 heavy (non-hydrogen) atoms. The summed E-state index contributed by atoms with van der Waals surface area (Å²) in [7, 11) is -3.63. The van der Waals surface area contributed by atoms with Gasteiger partial charge in [-0.2, -0.15) is 0 Å². The van der Waals surface area contributed by atoms with Crippen LogP contribution in [0.4, 0.5) is 4.79 Å². The highest BCUT2D eigenvalue weighted by molar-refractivity contribution is 7.89. The summed E-state index contributed by atoms with van der Waals surface area (Å²) < 4.78 is 32.4. The molecule has 0 aliphatic rings. The summed E-state index contributed by atoms with van der Waals surface area (Å²) in [6.45, 7) is 10.8. The van der Waals surface area contributed by atoms with Crippen molar-refractivity contribution in [2.24, 2.45) is 0 Å². The van der Waals surface area contributed by atoms with Crippen molar-refractivity contribution >= 4 is 16.1 Å². The Morgan fingerprint density at radius 1 is 1.08 bits per heavy atom. The first kappa shape index (κ1) is 20.4. The number of hydrogen-bond acceptors (Lipinski definition) is 4. The Hall–Kier alpha value is -1.60. The van der Waals surface area contributed by atoms with E-state index in [0.29, 0.717) is 0 Å². The minimum atomic E-state index is -3.63. The van der Waals surface area contributed by atoms with Gasteiger partial charge in [-0.15, -0.1) is 0 Å². The van der Waals surface area contributed by atoms with Gasteiger partial charge in [0.2, 0.25) is 10.0 Å². The van der Waals surface area contributed by atoms with E-state index in [2.05, 4.69) is 10.0 Å². The van der Waals surface area contributed by atoms with E-state index in [1.807, 2.05) is 6.92 Å². The van der Waals surface area contributed by atoms with E-state index in [1.165, 1.54) is 0 Å². The van der Waals surface area contributed by atoms with Crippen LogP contribution >= 0.6 is 0 Å². The Balaban J connectivity index is 2.69. The van der Waals surface area contributed by atoms with Crippen LogP contribution in [0, 0.1) is 0 Å². The fourth-order valence-electron chi connectivity index (χ4n) is 1.89. The first-order valence-electron chi connectivity index (χ1n) is 7.94. The summed E-state index contributed by atoms with van der Waals surface area (Å²) >= 11 is 0. The van der Waals surface area contributed by atoms with Crippen LogP contribution in [0.1, 0.15) is 47.1 Å². The van der Waals surface area contributed by atoms with Gasteiger partial charge in [-0.1, -0.05) is 19.1 Å². The van der Waals surface area contributed by atoms with Gasteiger partial charge >= 0.3 is 6.09 Å². The number of nitrogens with one attached hydrogen (secondary N) is 2. The molecule has 0 spiro atoms. The van der Waals surface area contributed by atoms with E-state index < -0.39 is 27.3 Å². The molecule has 0 aromatic heterocycles. The minimum absolute atomic E-state index is 0.0457. The van der Waals surface area contributed by atoms with Crippen molar-refractivity contribution in [1.29, 1.82) is 0 Å². The molecule has 136 valence electrons. The van der Waals surface area contributed by atoms with Gasteiger partial charge in [-0.3, -0.25) is 0 Å². The lowest BCUT2D eigenvalue weighted by Gasteiger charge is -2.28. The van der Waals surface area contributed by atoms with Crippen molar-refractivity contribution in [2.75, 3.05) is 6.54 Å². The first-order valence-corrected chi connectivity index (χ1v) is 9.43. The maximum atomic E-state index is 12.3. The molecule has 0 bridgehead atoms. The summed E-state index contributed by atoms with van der Waals surface area (Å²) in [5.74, 6) is 0. The molecule has 2 N–H and O–H groups in total. The van der Waals surface area contributed by atoms with Gasteiger partial charge in [0.15, 0.2) is 0 Å². The minimum Gasteiger partial charge on any atom is -0.444 e. The molecule has 0 atom stereocenters. The van der Waals surface area contributed by atoms with Crippen molar-refractivity contribution in [3.8, 4) is 0 Å². The van der Waals surface area contributed by atoms with Crippen LogP contribution in [0.2, 0.25) is 0 Å². The zero-order valence-corrected chi connectivity index (χ0v) is 16.1. The maximum Gasteiger partial charge on any atom is 0.408 e. The van der Waals surface area contributed by atoms with Crippen molar-refractivity contribution in [1.82, 2.24) is 10.0 Å². The average molecular weight is 356 g/mol. The first-order chi connectivity index (χ1) is 10.8. The van der Waals surface area contributed by atoms with Crippen molar-refractivity contribution in [3.05, 3.63) is 29.8 Å². The van der Waals surface area contributed by atoms with E-state index >= 15 is 0 Å². The highest BCUT2D eigenvalue weighted by Gasteiger charge is 2.26. The summed E-state index contributed by atoms with van der Waals surface area (Å²) in [6.07, 6.45) is 0.264. The number of sulfonamides is 1. The predicted octanol–water partition coefficient (Wildman–Crippen LogP) is 2.83. The molecule has 0 fully saturated rings. The number of carbonyl (C=O) groups excluding carboxylic acids is 1. The third-order valence-corrected chi connectivity index (χ3v) is 4.60. The second kappa shape index (κ2) is 7.53. The molecule has 1 aromatic carbocycles. The average Bonchev–Trinajstić information content (AvgIpc) is 2.43. The summed E-state index contributed by atoms with van der Waals surface area (Å²) in [5.41, 5.74) is -0.333. The molecular formula is C17H28N2O4S. The second-order valence-corrected chi connectivity index (χ2v) is 9.10. The zero-order valence-electron chi connectivity index (χ0n) is 15.3. The monoisotopic (exact) mass is 356 g/mol. The third-order valence-electron chi connectivity index (χ3n) is 3.19. The lowest BCUT2D eigenvalue weighted by molar-refractivity contribution is 0.0474. The van der Waals surface area contributed by atoms with E-state index in [-0.39, 0.29) is 11.4 Å². The van der Waals surface area contributed by atoms with Crippen molar-refractivity contribution < 1.29 is 17.9 Å². The van der Waals surface area contributed by atoms with Crippen LogP contribution < -0.4 is 10.0 Å². The smallest absolute Gasteiger partial charge is 0.408 e. The SMILES string of the molecule is CCc1ccc(S(=O)(=O)NCC(C)(C)NC(=O)OC(C)(C)C)cc1. The van der Waals surface area contributed by atoms with Gasteiger partial charge in [0.05, 0.1) is 10.4 Å². The Labute approximate surface area is 145 Å². The van der Waals surface area contributed by atoms with E-state index in [0.717, 1.165) is 12.0 Å². The number of aryl methyl sites for hydroxylation is 1. The molecule has 0 unspecified atom stereocenters.